The summed E-state index contributed by atoms with van der Waals surface area (Å²) in [7, 11) is 1.44. The predicted molar refractivity (Wildman–Crippen MR) is 73.0 cm³/mol. The Morgan fingerprint density at radius 1 is 1.38 bits per heavy atom. The molecule has 0 saturated heterocycles. The molecule has 0 aliphatic carbocycles. The lowest BCUT2D eigenvalue weighted by molar-refractivity contribution is -0.141. The van der Waals surface area contributed by atoms with E-state index in [-0.39, 0.29) is 17.7 Å². The van der Waals surface area contributed by atoms with Crippen LogP contribution < -0.4 is 16.0 Å². The zero-order chi connectivity index (χ0) is 16.0. The Balaban J connectivity index is 3.04. The smallest absolute Gasteiger partial charge is 0.358 e. The maximum atomic E-state index is 12.8. The van der Waals surface area contributed by atoms with E-state index in [1.165, 1.54) is 14.0 Å². The van der Waals surface area contributed by atoms with Gasteiger partial charge in [0.2, 0.25) is 11.9 Å². The number of hydrogen-bond acceptors (Lipinski definition) is 5. The molecule has 0 bridgehead atoms. The second-order valence-electron chi connectivity index (χ2n) is 4.37. The number of alkyl halides is 3. The van der Waals surface area contributed by atoms with Gasteiger partial charge in [0.15, 0.2) is 5.69 Å². The van der Waals surface area contributed by atoms with Crippen LogP contribution in [0.4, 0.5) is 24.9 Å². The molecule has 1 aromatic rings. The van der Waals surface area contributed by atoms with Crippen LogP contribution in [0.2, 0.25) is 0 Å². The lowest BCUT2D eigenvalue weighted by Gasteiger charge is -2.15. The minimum absolute atomic E-state index is 0.0629. The third kappa shape index (κ3) is 5.09. The molecule has 3 N–H and O–H groups in total. The minimum Gasteiger partial charge on any atom is -0.358 e. The van der Waals surface area contributed by atoms with E-state index in [4.69, 9.17) is 0 Å². The van der Waals surface area contributed by atoms with E-state index in [2.05, 4.69) is 25.9 Å². The van der Waals surface area contributed by atoms with Gasteiger partial charge in [0.25, 0.3) is 0 Å². The van der Waals surface area contributed by atoms with E-state index in [0.29, 0.717) is 6.54 Å². The third-order valence-electron chi connectivity index (χ3n) is 2.55. The molecule has 9 heteroatoms. The van der Waals surface area contributed by atoms with Gasteiger partial charge in [-0.05, 0) is 13.3 Å². The number of amides is 1. The van der Waals surface area contributed by atoms with Crippen molar-refractivity contribution in [2.24, 2.45) is 0 Å². The molecular weight excluding hydrogens is 287 g/mol. The number of carbonyl (C=O) groups excluding carboxylic acids is 1. The lowest BCUT2D eigenvalue weighted by atomic mass is 10.3. The van der Waals surface area contributed by atoms with E-state index in [0.717, 1.165) is 12.5 Å². The summed E-state index contributed by atoms with van der Waals surface area (Å²) in [6.07, 6.45) is -3.87. The van der Waals surface area contributed by atoms with Crippen molar-refractivity contribution in [2.75, 3.05) is 24.2 Å². The molecule has 1 unspecified atom stereocenters. The van der Waals surface area contributed by atoms with Gasteiger partial charge < -0.3 is 16.0 Å². The molecule has 0 radical (unpaired) electrons. The molecule has 1 atom stereocenters. The fourth-order valence-electron chi connectivity index (χ4n) is 1.49. The van der Waals surface area contributed by atoms with Crippen LogP contribution in [0.1, 0.15) is 26.0 Å². The fourth-order valence-corrected chi connectivity index (χ4v) is 1.49. The molecule has 0 aromatic carbocycles. The van der Waals surface area contributed by atoms with Crippen LogP contribution >= 0.6 is 0 Å². The monoisotopic (exact) mass is 305 g/mol. The predicted octanol–water partition coefficient (Wildman–Crippen LogP) is 1.86. The first-order chi connectivity index (χ1) is 9.77. The van der Waals surface area contributed by atoms with Gasteiger partial charge in [0.05, 0.1) is 0 Å². The highest BCUT2D eigenvalue weighted by Gasteiger charge is 2.34. The number of nitrogens with zero attached hydrogens (tertiary/aromatic N) is 2. The van der Waals surface area contributed by atoms with Crippen molar-refractivity contribution in [3.05, 3.63) is 11.8 Å². The Hall–Kier alpha value is -2.06. The first-order valence-electron chi connectivity index (χ1n) is 6.46. The Bertz CT molecular complexity index is 492. The summed E-state index contributed by atoms with van der Waals surface area (Å²) < 4.78 is 38.4. The summed E-state index contributed by atoms with van der Waals surface area (Å²) in [6.45, 7) is 3.84. The van der Waals surface area contributed by atoms with Gasteiger partial charge in [-0.2, -0.15) is 18.2 Å². The molecule has 1 heterocycles. The Labute approximate surface area is 120 Å². The SMILES string of the molecule is CCCNc1nc(NC(C)C(=O)NC)cc(C(F)(F)F)n1. The number of nitrogens with one attached hydrogen (secondary N) is 3. The maximum absolute atomic E-state index is 12.8. The van der Waals surface area contributed by atoms with Gasteiger partial charge >= 0.3 is 6.18 Å². The summed E-state index contributed by atoms with van der Waals surface area (Å²) >= 11 is 0. The molecule has 0 aliphatic heterocycles. The van der Waals surface area contributed by atoms with E-state index < -0.39 is 17.9 Å². The van der Waals surface area contributed by atoms with E-state index in [9.17, 15) is 18.0 Å². The van der Waals surface area contributed by atoms with Crippen molar-refractivity contribution in [2.45, 2.75) is 32.5 Å². The van der Waals surface area contributed by atoms with Crippen LogP contribution in [0, 0.1) is 0 Å². The molecule has 1 aromatic heterocycles. The highest BCUT2D eigenvalue weighted by atomic mass is 19.4. The van der Waals surface area contributed by atoms with Crippen LogP contribution in [-0.2, 0) is 11.0 Å². The first-order valence-corrected chi connectivity index (χ1v) is 6.46. The van der Waals surface area contributed by atoms with Crippen molar-refractivity contribution in [1.82, 2.24) is 15.3 Å². The number of rotatable bonds is 6. The standard InChI is InChI=1S/C12H18F3N5O/c1-4-5-17-11-19-8(12(13,14)15)6-9(20-11)18-7(2)10(21)16-3/h6-7H,4-5H2,1-3H3,(H,16,21)(H2,17,18,19,20). The molecule has 0 fully saturated rings. The van der Waals surface area contributed by atoms with E-state index in [1.807, 2.05) is 6.92 Å². The number of hydrogen-bond donors (Lipinski definition) is 3. The van der Waals surface area contributed by atoms with Crippen LogP contribution in [0.15, 0.2) is 6.07 Å². The normalized spacial score (nSPS) is 12.7. The lowest BCUT2D eigenvalue weighted by Crippen LogP contribution is -2.35. The third-order valence-corrected chi connectivity index (χ3v) is 2.55. The highest BCUT2D eigenvalue weighted by Crippen LogP contribution is 2.29. The van der Waals surface area contributed by atoms with Gasteiger partial charge in [-0.15, -0.1) is 0 Å². The summed E-state index contributed by atoms with van der Waals surface area (Å²) in [5, 5.41) is 7.72. The average Bonchev–Trinajstić information content (AvgIpc) is 2.42. The molecule has 0 spiro atoms. The minimum atomic E-state index is -4.59. The van der Waals surface area contributed by atoms with Gasteiger partial charge in [-0.3, -0.25) is 4.79 Å². The van der Waals surface area contributed by atoms with Crippen LogP contribution in [0.3, 0.4) is 0 Å². The largest absolute Gasteiger partial charge is 0.433 e. The molecule has 1 rings (SSSR count). The van der Waals surface area contributed by atoms with Crippen LogP contribution in [0.25, 0.3) is 0 Å². The number of anilines is 2. The van der Waals surface area contributed by atoms with Crippen molar-refractivity contribution in [3.8, 4) is 0 Å². The average molecular weight is 305 g/mol. The van der Waals surface area contributed by atoms with Gasteiger partial charge in [-0.25, -0.2) is 4.98 Å². The summed E-state index contributed by atoms with van der Waals surface area (Å²) in [5.74, 6) is -0.546. The summed E-state index contributed by atoms with van der Waals surface area (Å²) in [6, 6.07) is 0.0568. The number of carbonyl (C=O) groups is 1. The Morgan fingerprint density at radius 2 is 2.05 bits per heavy atom. The molecule has 21 heavy (non-hydrogen) atoms. The van der Waals surface area contributed by atoms with Crippen molar-refractivity contribution < 1.29 is 18.0 Å². The zero-order valence-electron chi connectivity index (χ0n) is 12.0. The number of likely N-dealkylation sites (N-methyl/N-ethyl adjacent to an activating group) is 1. The summed E-state index contributed by atoms with van der Waals surface area (Å²) in [4.78, 5) is 18.8. The van der Waals surface area contributed by atoms with E-state index in [1.54, 1.807) is 0 Å². The van der Waals surface area contributed by atoms with Crippen LogP contribution in [-0.4, -0.2) is 35.5 Å². The second kappa shape index (κ2) is 7.09. The Morgan fingerprint density at radius 3 is 2.57 bits per heavy atom. The number of halogens is 3. The quantitative estimate of drug-likeness (QED) is 0.747. The van der Waals surface area contributed by atoms with Gasteiger partial charge in [-0.1, -0.05) is 6.92 Å². The topological polar surface area (TPSA) is 78.9 Å². The van der Waals surface area contributed by atoms with E-state index >= 15 is 0 Å². The van der Waals surface area contributed by atoms with Gasteiger partial charge in [0, 0.05) is 19.7 Å². The molecular formula is C12H18F3N5O. The van der Waals surface area contributed by atoms with Crippen molar-refractivity contribution in [1.29, 1.82) is 0 Å². The molecule has 118 valence electrons. The first kappa shape index (κ1) is 17.0. The molecule has 1 amide bonds. The summed E-state index contributed by atoms with van der Waals surface area (Å²) in [5.41, 5.74) is -1.07. The molecule has 0 saturated carbocycles. The maximum Gasteiger partial charge on any atom is 0.433 e. The fraction of sp³-hybridized carbons (Fsp3) is 0.583. The van der Waals surface area contributed by atoms with Crippen molar-refractivity contribution in [3.63, 3.8) is 0 Å². The second-order valence-corrected chi connectivity index (χ2v) is 4.37. The Kier molecular flexibility index (Phi) is 5.74. The van der Waals surface area contributed by atoms with Crippen LogP contribution in [0.5, 0.6) is 0 Å². The van der Waals surface area contributed by atoms with Crippen molar-refractivity contribution >= 4 is 17.7 Å². The highest BCUT2D eigenvalue weighted by molar-refractivity contribution is 5.83. The zero-order valence-corrected chi connectivity index (χ0v) is 12.0. The molecule has 0 aliphatic rings. The van der Waals surface area contributed by atoms with Gasteiger partial charge in [0.1, 0.15) is 11.9 Å². The number of aromatic nitrogens is 2. The molecule has 6 nitrogen and oxygen atoms in total.